The van der Waals surface area contributed by atoms with E-state index in [4.69, 9.17) is 5.73 Å². The zero-order chi connectivity index (χ0) is 14.3. The van der Waals surface area contributed by atoms with Gasteiger partial charge in [-0.15, -0.1) is 5.10 Å². The van der Waals surface area contributed by atoms with Crippen LogP contribution in [0.5, 0.6) is 0 Å². The van der Waals surface area contributed by atoms with E-state index >= 15 is 0 Å². The highest BCUT2D eigenvalue weighted by Gasteiger charge is 2.17. The first kappa shape index (κ1) is 12.6. The highest BCUT2D eigenvalue weighted by molar-refractivity contribution is 5.86. The van der Waals surface area contributed by atoms with E-state index in [9.17, 15) is 0 Å². The number of benzene rings is 1. The van der Waals surface area contributed by atoms with E-state index in [-0.39, 0.29) is 5.92 Å². The maximum atomic E-state index is 5.94. The van der Waals surface area contributed by atoms with Crippen molar-refractivity contribution >= 4 is 16.7 Å². The fourth-order valence-electron chi connectivity index (χ4n) is 2.42. The molecule has 0 unspecified atom stereocenters. The fraction of sp³-hybridized carbons (Fsp3) is 0.267. The summed E-state index contributed by atoms with van der Waals surface area (Å²) in [5.74, 6) is 0.717. The van der Waals surface area contributed by atoms with Crippen LogP contribution in [-0.4, -0.2) is 20.0 Å². The van der Waals surface area contributed by atoms with Crippen LogP contribution in [-0.2, 0) is 0 Å². The third-order valence-corrected chi connectivity index (χ3v) is 3.35. The second-order valence-corrected chi connectivity index (χ2v) is 5.23. The number of hydrogen-bond acceptors (Lipinski definition) is 4. The molecule has 0 aliphatic rings. The standard InChI is InChI=1S/C15H17N5/c1-9(2)14-15(16)18-19-20(14)12-6-4-5-11-8-7-10(3)17-13(11)12/h4-9H,16H2,1-3H3. The summed E-state index contributed by atoms with van der Waals surface area (Å²) >= 11 is 0. The van der Waals surface area contributed by atoms with Gasteiger partial charge in [0.2, 0.25) is 0 Å². The molecule has 0 atom stereocenters. The number of aryl methyl sites for hydroxylation is 1. The second-order valence-electron chi connectivity index (χ2n) is 5.23. The van der Waals surface area contributed by atoms with Crippen molar-refractivity contribution in [2.45, 2.75) is 26.7 Å². The fourth-order valence-corrected chi connectivity index (χ4v) is 2.42. The van der Waals surface area contributed by atoms with Crippen molar-refractivity contribution in [3.05, 3.63) is 41.7 Å². The van der Waals surface area contributed by atoms with Gasteiger partial charge in [-0.25, -0.2) is 4.68 Å². The van der Waals surface area contributed by atoms with Gasteiger partial charge in [0.1, 0.15) is 0 Å². The molecule has 0 bridgehead atoms. The molecule has 5 heteroatoms. The third kappa shape index (κ3) is 1.91. The first-order valence-corrected chi connectivity index (χ1v) is 6.65. The molecule has 3 rings (SSSR count). The van der Waals surface area contributed by atoms with Crippen molar-refractivity contribution in [1.82, 2.24) is 20.0 Å². The van der Waals surface area contributed by atoms with Gasteiger partial charge in [0, 0.05) is 11.1 Å². The molecule has 0 amide bonds. The summed E-state index contributed by atoms with van der Waals surface area (Å²) in [5, 5.41) is 9.28. The quantitative estimate of drug-likeness (QED) is 0.775. The van der Waals surface area contributed by atoms with Crippen molar-refractivity contribution in [3.63, 3.8) is 0 Å². The monoisotopic (exact) mass is 267 g/mol. The lowest BCUT2D eigenvalue weighted by atomic mass is 10.1. The van der Waals surface area contributed by atoms with Gasteiger partial charge in [0.25, 0.3) is 0 Å². The summed E-state index contributed by atoms with van der Waals surface area (Å²) < 4.78 is 1.80. The summed E-state index contributed by atoms with van der Waals surface area (Å²) in [5.41, 5.74) is 9.66. The van der Waals surface area contributed by atoms with E-state index in [0.29, 0.717) is 5.82 Å². The van der Waals surface area contributed by atoms with Gasteiger partial charge < -0.3 is 5.73 Å². The third-order valence-electron chi connectivity index (χ3n) is 3.35. The second kappa shape index (κ2) is 4.59. The summed E-state index contributed by atoms with van der Waals surface area (Å²) in [6, 6.07) is 10.1. The van der Waals surface area contributed by atoms with Crippen molar-refractivity contribution in [3.8, 4) is 5.69 Å². The number of aromatic nitrogens is 4. The molecule has 0 radical (unpaired) electrons. The lowest BCUT2D eigenvalue weighted by Gasteiger charge is -2.11. The zero-order valence-electron chi connectivity index (χ0n) is 11.8. The molecule has 102 valence electrons. The van der Waals surface area contributed by atoms with Crippen LogP contribution in [0.4, 0.5) is 5.82 Å². The van der Waals surface area contributed by atoms with Gasteiger partial charge in [0.05, 0.1) is 16.9 Å². The lowest BCUT2D eigenvalue weighted by Crippen LogP contribution is -2.06. The van der Waals surface area contributed by atoms with Crippen molar-refractivity contribution < 1.29 is 0 Å². The number of nitrogen functional groups attached to an aromatic ring is 1. The predicted octanol–water partition coefficient (Wildman–Crippen LogP) is 2.83. The highest BCUT2D eigenvalue weighted by atomic mass is 15.4. The predicted molar refractivity (Wildman–Crippen MR) is 79.9 cm³/mol. The first-order chi connectivity index (χ1) is 9.58. The number of para-hydroxylation sites is 1. The topological polar surface area (TPSA) is 69.6 Å². The van der Waals surface area contributed by atoms with Crippen molar-refractivity contribution in [1.29, 1.82) is 0 Å². The average molecular weight is 267 g/mol. The molecule has 0 aliphatic carbocycles. The van der Waals surface area contributed by atoms with Gasteiger partial charge in [-0.2, -0.15) is 0 Å². The van der Waals surface area contributed by atoms with E-state index < -0.39 is 0 Å². The number of pyridine rings is 1. The summed E-state index contributed by atoms with van der Waals surface area (Å²) in [4.78, 5) is 4.63. The Balaban J connectivity index is 2.33. The minimum Gasteiger partial charge on any atom is -0.381 e. The molecule has 2 heterocycles. The highest BCUT2D eigenvalue weighted by Crippen LogP contribution is 2.26. The molecular weight excluding hydrogens is 250 g/mol. The normalized spacial score (nSPS) is 11.4. The van der Waals surface area contributed by atoms with Crippen LogP contribution in [0.3, 0.4) is 0 Å². The minimum absolute atomic E-state index is 0.241. The Labute approximate surface area is 117 Å². The molecule has 0 spiro atoms. The van der Waals surface area contributed by atoms with Crippen molar-refractivity contribution in [2.24, 2.45) is 0 Å². The Morgan fingerprint density at radius 3 is 2.70 bits per heavy atom. The number of hydrogen-bond donors (Lipinski definition) is 1. The summed E-state index contributed by atoms with van der Waals surface area (Å²) in [7, 11) is 0. The van der Waals surface area contributed by atoms with Gasteiger partial charge in [-0.05, 0) is 25.0 Å². The number of nitrogens with two attached hydrogens (primary N) is 1. The largest absolute Gasteiger partial charge is 0.381 e. The molecular formula is C15H17N5. The smallest absolute Gasteiger partial charge is 0.169 e. The van der Waals surface area contributed by atoms with Gasteiger partial charge >= 0.3 is 0 Å². The molecule has 20 heavy (non-hydrogen) atoms. The molecule has 5 nitrogen and oxygen atoms in total. The zero-order valence-corrected chi connectivity index (χ0v) is 11.8. The Kier molecular flexibility index (Phi) is 2.89. The molecule has 2 aromatic heterocycles. The van der Waals surface area contributed by atoms with Crippen LogP contribution in [0.25, 0.3) is 16.6 Å². The average Bonchev–Trinajstić information content (AvgIpc) is 2.80. The molecule has 0 saturated heterocycles. The van der Waals surface area contributed by atoms with E-state index in [2.05, 4.69) is 35.2 Å². The summed E-state index contributed by atoms with van der Waals surface area (Å²) in [6.45, 7) is 6.14. The van der Waals surface area contributed by atoms with Crippen LogP contribution in [0.15, 0.2) is 30.3 Å². The van der Waals surface area contributed by atoms with Crippen LogP contribution in [0.2, 0.25) is 0 Å². The van der Waals surface area contributed by atoms with E-state index in [1.807, 2.05) is 31.2 Å². The molecule has 3 aromatic rings. The van der Waals surface area contributed by atoms with Gasteiger partial charge in [0.15, 0.2) is 5.82 Å². The lowest BCUT2D eigenvalue weighted by molar-refractivity contribution is 0.718. The maximum absolute atomic E-state index is 5.94. The van der Waals surface area contributed by atoms with Crippen LogP contribution in [0.1, 0.15) is 31.2 Å². The Bertz CT molecular complexity index is 773. The number of rotatable bonds is 2. The SMILES string of the molecule is Cc1ccc2cccc(-n3nnc(N)c3C(C)C)c2n1. The first-order valence-electron chi connectivity index (χ1n) is 6.65. The molecule has 0 saturated carbocycles. The molecule has 0 aliphatic heterocycles. The van der Waals surface area contributed by atoms with Crippen LogP contribution in [0, 0.1) is 6.92 Å². The number of fused-ring (bicyclic) bond motifs is 1. The Morgan fingerprint density at radius 1 is 1.15 bits per heavy atom. The van der Waals surface area contributed by atoms with Crippen LogP contribution >= 0.6 is 0 Å². The Morgan fingerprint density at radius 2 is 1.95 bits per heavy atom. The minimum atomic E-state index is 0.241. The van der Waals surface area contributed by atoms with E-state index in [0.717, 1.165) is 28.0 Å². The molecule has 1 aromatic carbocycles. The van der Waals surface area contributed by atoms with E-state index in [1.54, 1.807) is 4.68 Å². The van der Waals surface area contributed by atoms with E-state index in [1.165, 1.54) is 0 Å². The van der Waals surface area contributed by atoms with Crippen LogP contribution < -0.4 is 5.73 Å². The summed E-state index contributed by atoms with van der Waals surface area (Å²) in [6.07, 6.45) is 0. The molecule has 2 N–H and O–H groups in total. The number of nitrogens with zero attached hydrogens (tertiary/aromatic N) is 4. The number of anilines is 1. The van der Waals surface area contributed by atoms with Gasteiger partial charge in [-0.1, -0.05) is 37.3 Å². The van der Waals surface area contributed by atoms with Crippen molar-refractivity contribution in [2.75, 3.05) is 5.73 Å². The van der Waals surface area contributed by atoms with Gasteiger partial charge in [-0.3, -0.25) is 4.98 Å². The maximum Gasteiger partial charge on any atom is 0.169 e. The Hall–Kier alpha value is -2.43. The molecule has 0 fully saturated rings.